The molecule has 1 aromatic carbocycles. The second kappa shape index (κ2) is 11.2. The molecule has 0 bridgehead atoms. The molecule has 2 aromatic rings. The normalized spacial score (nSPS) is 10.9. The summed E-state index contributed by atoms with van der Waals surface area (Å²) in [4.78, 5) is 4.05. The second-order valence-electron chi connectivity index (χ2n) is 6.01. The first-order valence-electron chi connectivity index (χ1n) is 9.43. The van der Waals surface area contributed by atoms with Gasteiger partial charge < -0.3 is 14.2 Å². The quantitative estimate of drug-likeness (QED) is 0.524. The van der Waals surface area contributed by atoms with E-state index in [9.17, 15) is 0 Å². The Kier molecular flexibility index (Phi) is 8.53. The molecule has 0 fully saturated rings. The number of ether oxygens (including phenoxy) is 3. The molecule has 4 heteroatoms. The van der Waals surface area contributed by atoms with Gasteiger partial charge in [0.1, 0.15) is 0 Å². The zero-order valence-electron chi connectivity index (χ0n) is 16.0. The highest BCUT2D eigenvalue weighted by atomic mass is 16.5. The van der Waals surface area contributed by atoms with Crippen LogP contribution in [0.5, 0.6) is 17.2 Å². The molecule has 140 valence electrons. The molecule has 2 rings (SSSR count). The van der Waals surface area contributed by atoms with Gasteiger partial charge in [0.05, 0.1) is 19.8 Å². The Morgan fingerprint density at radius 2 is 1.23 bits per heavy atom. The summed E-state index contributed by atoms with van der Waals surface area (Å²) in [5.74, 6) is 2.18. The summed E-state index contributed by atoms with van der Waals surface area (Å²) in [6.07, 6.45) is 10.5. The Labute approximate surface area is 156 Å². The number of benzene rings is 1. The van der Waals surface area contributed by atoms with Crippen LogP contribution in [0.2, 0.25) is 0 Å². The van der Waals surface area contributed by atoms with Gasteiger partial charge in [-0.15, -0.1) is 0 Å². The smallest absolute Gasteiger partial charge is 0.203 e. The summed E-state index contributed by atoms with van der Waals surface area (Å²) >= 11 is 0. The van der Waals surface area contributed by atoms with Crippen LogP contribution in [0.3, 0.4) is 0 Å². The SMILES string of the molecule is CCCOc1cc(/C=C/c2ccncc2)cc(OCCC)c1OCCC. The minimum absolute atomic E-state index is 0.636. The summed E-state index contributed by atoms with van der Waals surface area (Å²) in [6.45, 7) is 8.20. The Morgan fingerprint density at radius 1 is 0.731 bits per heavy atom. The Morgan fingerprint density at radius 3 is 1.77 bits per heavy atom. The van der Waals surface area contributed by atoms with Crippen molar-refractivity contribution in [2.75, 3.05) is 19.8 Å². The third-order valence-corrected chi connectivity index (χ3v) is 3.59. The summed E-state index contributed by atoms with van der Waals surface area (Å²) in [7, 11) is 0. The van der Waals surface area contributed by atoms with Crippen LogP contribution in [-0.4, -0.2) is 24.8 Å². The lowest BCUT2D eigenvalue weighted by molar-refractivity contribution is 0.243. The first-order valence-corrected chi connectivity index (χ1v) is 9.43. The van der Waals surface area contributed by atoms with Crippen LogP contribution in [0, 0.1) is 0 Å². The van der Waals surface area contributed by atoms with E-state index in [2.05, 4.69) is 37.9 Å². The van der Waals surface area contributed by atoms with E-state index in [4.69, 9.17) is 14.2 Å². The van der Waals surface area contributed by atoms with E-state index in [0.717, 1.165) is 41.9 Å². The minimum Gasteiger partial charge on any atom is -0.490 e. The lowest BCUT2D eigenvalue weighted by Crippen LogP contribution is -2.05. The van der Waals surface area contributed by atoms with E-state index in [0.29, 0.717) is 25.6 Å². The Bertz CT molecular complexity index is 654. The lowest BCUT2D eigenvalue weighted by Gasteiger charge is -2.17. The van der Waals surface area contributed by atoms with Gasteiger partial charge in [-0.2, -0.15) is 0 Å². The van der Waals surface area contributed by atoms with E-state index in [1.54, 1.807) is 12.4 Å². The highest BCUT2D eigenvalue weighted by Crippen LogP contribution is 2.40. The van der Waals surface area contributed by atoms with Gasteiger partial charge in [-0.1, -0.05) is 32.9 Å². The van der Waals surface area contributed by atoms with Crippen molar-refractivity contribution in [1.29, 1.82) is 0 Å². The molecule has 0 radical (unpaired) electrons. The van der Waals surface area contributed by atoms with Gasteiger partial charge in [-0.25, -0.2) is 0 Å². The molecule has 0 aliphatic carbocycles. The summed E-state index contributed by atoms with van der Waals surface area (Å²) in [5.41, 5.74) is 2.11. The highest BCUT2D eigenvalue weighted by Gasteiger charge is 2.14. The fourth-order valence-electron chi connectivity index (χ4n) is 2.35. The fraction of sp³-hybridized carbons (Fsp3) is 0.409. The molecule has 4 nitrogen and oxygen atoms in total. The fourth-order valence-corrected chi connectivity index (χ4v) is 2.35. The molecule has 0 aliphatic heterocycles. The monoisotopic (exact) mass is 355 g/mol. The van der Waals surface area contributed by atoms with Crippen LogP contribution in [0.1, 0.15) is 51.2 Å². The van der Waals surface area contributed by atoms with Gasteiger partial charge in [0, 0.05) is 12.4 Å². The number of rotatable bonds is 11. The number of hydrogen-bond acceptors (Lipinski definition) is 4. The van der Waals surface area contributed by atoms with Gasteiger partial charge in [-0.3, -0.25) is 4.98 Å². The van der Waals surface area contributed by atoms with Crippen LogP contribution in [-0.2, 0) is 0 Å². The maximum absolute atomic E-state index is 5.95. The first-order chi connectivity index (χ1) is 12.8. The third-order valence-electron chi connectivity index (χ3n) is 3.59. The van der Waals surface area contributed by atoms with Gasteiger partial charge in [0.25, 0.3) is 0 Å². The van der Waals surface area contributed by atoms with Crippen molar-refractivity contribution in [1.82, 2.24) is 4.98 Å². The van der Waals surface area contributed by atoms with Crippen LogP contribution in [0.4, 0.5) is 0 Å². The average Bonchev–Trinajstić information content (AvgIpc) is 2.68. The molecule has 0 amide bonds. The van der Waals surface area contributed by atoms with Crippen molar-refractivity contribution >= 4 is 12.2 Å². The van der Waals surface area contributed by atoms with Crippen LogP contribution in [0.15, 0.2) is 36.7 Å². The van der Waals surface area contributed by atoms with Crippen molar-refractivity contribution in [3.8, 4) is 17.2 Å². The van der Waals surface area contributed by atoms with Crippen LogP contribution >= 0.6 is 0 Å². The standard InChI is InChI=1S/C22H29NO3/c1-4-13-24-20-16-19(8-7-18-9-11-23-12-10-18)17-21(25-14-5-2)22(20)26-15-6-3/h7-12,16-17H,4-6,13-15H2,1-3H3/b8-7+. The zero-order valence-corrected chi connectivity index (χ0v) is 16.0. The van der Waals surface area contributed by atoms with Crippen molar-refractivity contribution in [3.63, 3.8) is 0 Å². The van der Waals surface area contributed by atoms with Crippen molar-refractivity contribution in [2.24, 2.45) is 0 Å². The highest BCUT2D eigenvalue weighted by molar-refractivity contribution is 5.72. The molecular weight excluding hydrogens is 326 g/mol. The lowest BCUT2D eigenvalue weighted by atomic mass is 10.1. The summed E-state index contributed by atoms with van der Waals surface area (Å²) in [5, 5.41) is 0. The van der Waals surface area contributed by atoms with E-state index < -0.39 is 0 Å². The molecule has 0 saturated heterocycles. The van der Waals surface area contributed by atoms with E-state index in [1.807, 2.05) is 24.3 Å². The molecule has 1 heterocycles. The third kappa shape index (κ3) is 6.10. The van der Waals surface area contributed by atoms with E-state index >= 15 is 0 Å². The zero-order chi connectivity index (χ0) is 18.6. The first kappa shape index (κ1) is 19.8. The number of aromatic nitrogens is 1. The summed E-state index contributed by atoms with van der Waals surface area (Å²) < 4.78 is 17.8. The van der Waals surface area contributed by atoms with Gasteiger partial charge in [0.15, 0.2) is 11.5 Å². The van der Waals surface area contributed by atoms with Crippen molar-refractivity contribution in [2.45, 2.75) is 40.0 Å². The second-order valence-corrected chi connectivity index (χ2v) is 6.01. The topological polar surface area (TPSA) is 40.6 Å². The molecule has 0 aliphatic rings. The molecular formula is C22H29NO3. The Hall–Kier alpha value is -2.49. The van der Waals surface area contributed by atoms with Crippen LogP contribution in [0.25, 0.3) is 12.2 Å². The van der Waals surface area contributed by atoms with Crippen LogP contribution < -0.4 is 14.2 Å². The maximum Gasteiger partial charge on any atom is 0.203 e. The van der Waals surface area contributed by atoms with Gasteiger partial charge >= 0.3 is 0 Å². The molecule has 0 spiro atoms. The predicted molar refractivity (Wildman–Crippen MR) is 107 cm³/mol. The largest absolute Gasteiger partial charge is 0.490 e. The van der Waals surface area contributed by atoms with E-state index in [1.165, 1.54) is 0 Å². The molecule has 0 atom stereocenters. The molecule has 0 N–H and O–H groups in total. The minimum atomic E-state index is 0.636. The predicted octanol–water partition coefficient (Wildman–Crippen LogP) is 5.62. The summed E-state index contributed by atoms with van der Waals surface area (Å²) in [6, 6.07) is 7.96. The average molecular weight is 355 g/mol. The van der Waals surface area contributed by atoms with Crippen molar-refractivity contribution < 1.29 is 14.2 Å². The van der Waals surface area contributed by atoms with Gasteiger partial charge in [-0.05, 0) is 54.7 Å². The molecule has 1 aromatic heterocycles. The molecule has 26 heavy (non-hydrogen) atoms. The molecule has 0 saturated carbocycles. The van der Waals surface area contributed by atoms with Gasteiger partial charge in [0.2, 0.25) is 5.75 Å². The number of pyridine rings is 1. The number of hydrogen-bond donors (Lipinski definition) is 0. The maximum atomic E-state index is 5.95. The Balaban J connectivity index is 2.35. The van der Waals surface area contributed by atoms with E-state index in [-0.39, 0.29) is 0 Å². The van der Waals surface area contributed by atoms with Crippen molar-refractivity contribution in [3.05, 3.63) is 47.8 Å². The number of nitrogens with zero attached hydrogens (tertiary/aromatic N) is 1. The molecule has 0 unspecified atom stereocenters.